The van der Waals surface area contributed by atoms with Gasteiger partial charge in [0.15, 0.2) is 0 Å². The van der Waals surface area contributed by atoms with Crippen LogP contribution in [0.1, 0.15) is 32.6 Å². The van der Waals surface area contributed by atoms with Crippen LogP contribution in [0.2, 0.25) is 0 Å². The molecule has 0 radical (unpaired) electrons. The Labute approximate surface area is 84.7 Å². The Morgan fingerprint density at radius 3 is 3.00 bits per heavy atom. The second-order valence-electron chi connectivity index (χ2n) is 4.23. The highest BCUT2D eigenvalue weighted by molar-refractivity contribution is 5.13. The predicted molar refractivity (Wildman–Crippen MR) is 52.9 cm³/mol. The Balaban J connectivity index is 2.09. The Morgan fingerprint density at radius 1 is 1.50 bits per heavy atom. The van der Waals surface area contributed by atoms with Crippen molar-refractivity contribution in [2.45, 2.75) is 44.3 Å². The van der Waals surface area contributed by atoms with Crippen molar-refractivity contribution >= 4 is 0 Å². The number of rotatable bonds is 1. The van der Waals surface area contributed by atoms with Gasteiger partial charge in [-0.3, -0.25) is 0 Å². The molecule has 80 valence electrons. The molecule has 0 saturated carbocycles. The average molecular weight is 198 g/mol. The zero-order valence-corrected chi connectivity index (χ0v) is 8.66. The Bertz CT molecular complexity index is 237. The van der Waals surface area contributed by atoms with Gasteiger partial charge >= 0.3 is 0 Å². The average Bonchev–Trinajstić information content (AvgIpc) is 2.19. The molecule has 0 aliphatic carbocycles. The van der Waals surface area contributed by atoms with Crippen molar-refractivity contribution in [2.24, 2.45) is 0 Å². The summed E-state index contributed by atoms with van der Waals surface area (Å²) in [5, 5.41) is 10.4. The van der Waals surface area contributed by atoms with E-state index >= 15 is 0 Å². The molecule has 2 aliphatic heterocycles. The highest BCUT2D eigenvalue weighted by Gasteiger charge is 2.38. The van der Waals surface area contributed by atoms with E-state index in [9.17, 15) is 5.11 Å². The molecule has 0 aromatic rings. The van der Waals surface area contributed by atoms with Crippen LogP contribution < -0.4 is 0 Å². The quantitative estimate of drug-likeness (QED) is 0.695. The molecule has 1 saturated heterocycles. The number of hydrogen-bond donors (Lipinski definition) is 1. The molecule has 1 N–H and O–H groups in total. The lowest BCUT2D eigenvalue weighted by Gasteiger charge is -2.37. The van der Waals surface area contributed by atoms with Gasteiger partial charge in [-0.25, -0.2) is 0 Å². The molecule has 0 spiro atoms. The zero-order valence-electron chi connectivity index (χ0n) is 8.66. The van der Waals surface area contributed by atoms with E-state index in [0.29, 0.717) is 19.4 Å². The van der Waals surface area contributed by atoms with Crippen molar-refractivity contribution < 1.29 is 14.6 Å². The van der Waals surface area contributed by atoms with Crippen LogP contribution >= 0.6 is 0 Å². The molecule has 2 aliphatic rings. The second kappa shape index (κ2) is 3.91. The molecule has 14 heavy (non-hydrogen) atoms. The molecule has 0 bridgehead atoms. The van der Waals surface area contributed by atoms with E-state index < -0.39 is 5.60 Å². The molecule has 0 aromatic heterocycles. The summed E-state index contributed by atoms with van der Waals surface area (Å²) in [6.45, 7) is 3.36. The van der Waals surface area contributed by atoms with Crippen molar-refractivity contribution in [3.05, 3.63) is 11.8 Å². The molecule has 0 amide bonds. The maximum atomic E-state index is 10.4. The van der Waals surface area contributed by atoms with Gasteiger partial charge in [0.1, 0.15) is 11.4 Å². The highest BCUT2D eigenvalue weighted by Crippen LogP contribution is 2.33. The van der Waals surface area contributed by atoms with E-state index in [0.717, 1.165) is 25.2 Å². The van der Waals surface area contributed by atoms with Gasteiger partial charge in [0.2, 0.25) is 0 Å². The zero-order chi connectivity index (χ0) is 10.0. The first-order valence-electron chi connectivity index (χ1n) is 5.38. The van der Waals surface area contributed by atoms with E-state index in [2.05, 4.69) is 0 Å². The highest BCUT2D eigenvalue weighted by atomic mass is 16.5. The molecule has 3 nitrogen and oxygen atoms in total. The van der Waals surface area contributed by atoms with Gasteiger partial charge in [-0.05, 0) is 25.8 Å². The number of hydrogen-bond acceptors (Lipinski definition) is 3. The summed E-state index contributed by atoms with van der Waals surface area (Å²) in [5.41, 5.74) is -0.766. The number of aliphatic hydroxyl groups is 1. The minimum Gasteiger partial charge on any atom is -0.495 e. The number of ether oxygens (including phenoxy) is 2. The Hall–Kier alpha value is -0.540. The smallest absolute Gasteiger partial charge is 0.126 e. The van der Waals surface area contributed by atoms with Crippen LogP contribution in [0.25, 0.3) is 0 Å². The van der Waals surface area contributed by atoms with Gasteiger partial charge in [0.25, 0.3) is 0 Å². The normalized spacial score (nSPS) is 38.7. The minimum atomic E-state index is -0.766. The predicted octanol–water partition coefficient (Wildman–Crippen LogP) is 1.61. The lowest BCUT2D eigenvalue weighted by molar-refractivity contribution is -0.102. The fraction of sp³-hybridized carbons (Fsp3) is 0.818. The number of allylic oxidation sites excluding steroid dienone is 1. The van der Waals surface area contributed by atoms with Crippen LogP contribution in [-0.4, -0.2) is 30.0 Å². The molecule has 2 rings (SSSR count). The largest absolute Gasteiger partial charge is 0.495 e. The monoisotopic (exact) mass is 198 g/mol. The van der Waals surface area contributed by atoms with E-state index in [1.54, 1.807) is 0 Å². The van der Waals surface area contributed by atoms with E-state index in [4.69, 9.17) is 9.47 Å². The maximum absolute atomic E-state index is 10.4. The summed E-state index contributed by atoms with van der Waals surface area (Å²) < 4.78 is 10.9. The summed E-state index contributed by atoms with van der Waals surface area (Å²) in [5.74, 6) is 0.777. The molecule has 2 heterocycles. The molecule has 2 atom stereocenters. The van der Waals surface area contributed by atoms with Crippen molar-refractivity contribution in [1.82, 2.24) is 0 Å². The molecule has 1 fully saturated rings. The standard InChI is InChI=1S/C11H18O3/c1-9-8-11(12,5-7-13-9)10-4-2-3-6-14-10/h4,9,12H,2-3,5-8H2,1H3. The maximum Gasteiger partial charge on any atom is 0.126 e. The second-order valence-corrected chi connectivity index (χ2v) is 4.23. The van der Waals surface area contributed by atoms with Crippen LogP contribution in [0.5, 0.6) is 0 Å². The van der Waals surface area contributed by atoms with Crippen LogP contribution in [0.4, 0.5) is 0 Å². The first-order valence-corrected chi connectivity index (χ1v) is 5.38. The van der Waals surface area contributed by atoms with Gasteiger partial charge in [-0.1, -0.05) is 0 Å². The van der Waals surface area contributed by atoms with E-state index in [-0.39, 0.29) is 6.10 Å². The van der Waals surface area contributed by atoms with Crippen LogP contribution in [0.3, 0.4) is 0 Å². The third kappa shape index (κ3) is 1.93. The van der Waals surface area contributed by atoms with Gasteiger partial charge in [0, 0.05) is 12.8 Å². The Morgan fingerprint density at radius 2 is 2.36 bits per heavy atom. The van der Waals surface area contributed by atoms with Crippen LogP contribution in [-0.2, 0) is 9.47 Å². The molecular formula is C11H18O3. The lowest BCUT2D eigenvalue weighted by atomic mass is 9.87. The van der Waals surface area contributed by atoms with Crippen molar-refractivity contribution in [3.63, 3.8) is 0 Å². The van der Waals surface area contributed by atoms with Gasteiger partial charge in [-0.15, -0.1) is 0 Å². The Kier molecular flexibility index (Phi) is 2.79. The SMILES string of the molecule is CC1CC(O)(C2=CCCCO2)CCO1. The van der Waals surface area contributed by atoms with Crippen LogP contribution in [0.15, 0.2) is 11.8 Å². The summed E-state index contributed by atoms with van der Waals surface area (Å²) in [6, 6.07) is 0. The topological polar surface area (TPSA) is 38.7 Å². The molecule has 0 aromatic carbocycles. The van der Waals surface area contributed by atoms with E-state index in [1.165, 1.54) is 0 Å². The molecular weight excluding hydrogens is 180 g/mol. The minimum absolute atomic E-state index is 0.125. The summed E-state index contributed by atoms with van der Waals surface area (Å²) in [7, 11) is 0. The van der Waals surface area contributed by atoms with Crippen molar-refractivity contribution in [1.29, 1.82) is 0 Å². The summed E-state index contributed by atoms with van der Waals surface area (Å²) >= 11 is 0. The summed E-state index contributed by atoms with van der Waals surface area (Å²) in [4.78, 5) is 0. The first-order chi connectivity index (χ1) is 6.71. The molecule has 2 unspecified atom stereocenters. The fourth-order valence-electron chi connectivity index (χ4n) is 2.17. The first kappa shape index (κ1) is 9.99. The van der Waals surface area contributed by atoms with E-state index in [1.807, 2.05) is 13.0 Å². The van der Waals surface area contributed by atoms with Crippen LogP contribution in [0, 0.1) is 0 Å². The van der Waals surface area contributed by atoms with Gasteiger partial charge < -0.3 is 14.6 Å². The lowest BCUT2D eigenvalue weighted by Crippen LogP contribution is -2.42. The van der Waals surface area contributed by atoms with Crippen molar-refractivity contribution in [2.75, 3.05) is 13.2 Å². The molecule has 3 heteroatoms. The van der Waals surface area contributed by atoms with Crippen molar-refractivity contribution in [3.8, 4) is 0 Å². The summed E-state index contributed by atoms with van der Waals surface area (Å²) in [6.07, 6.45) is 5.54. The van der Waals surface area contributed by atoms with Gasteiger partial charge in [0.05, 0.1) is 19.3 Å². The van der Waals surface area contributed by atoms with Gasteiger partial charge in [-0.2, -0.15) is 0 Å². The fourth-order valence-corrected chi connectivity index (χ4v) is 2.17. The third-order valence-corrected chi connectivity index (χ3v) is 2.94. The third-order valence-electron chi connectivity index (χ3n) is 2.94.